The number of likely N-dealkylation sites (tertiary alicyclic amines) is 1. The van der Waals surface area contributed by atoms with E-state index in [2.05, 4.69) is 71.2 Å². The highest BCUT2D eigenvalue weighted by Crippen LogP contribution is 2.36. The van der Waals surface area contributed by atoms with E-state index in [1.807, 2.05) is 20.8 Å². The molecule has 0 bridgehead atoms. The topological polar surface area (TPSA) is 59.8 Å². The highest BCUT2D eigenvalue weighted by Gasteiger charge is 2.30. The number of hydrogen-bond donors (Lipinski definition) is 0. The van der Waals surface area contributed by atoms with E-state index in [0.717, 1.165) is 62.4 Å². The smallest absolute Gasteiger partial charge is 0.410 e. The Labute approximate surface area is 232 Å². The minimum Gasteiger partial charge on any atom is -0.444 e. The lowest BCUT2D eigenvalue weighted by Crippen LogP contribution is -2.35. The fraction of sp³-hybridized carbons (Fsp3) is 0.500. The number of fused-ring (bicyclic) bond motifs is 2. The molecule has 0 spiro atoms. The number of nitrogens with zero attached hydrogens (tertiary/aromatic N) is 4. The summed E-state index contributed by atoms with van der Waals surface area (Å²) in [6, 6.07) is 17.2. The van der Waals surface area contributed by atoms with Crippen molar-refractivity contribution in [1.29, 1.82) is 0 Å². The second kappa shape index (κ2) is 11.5. The van der Waals surface area contributed by atoms with Crippen molar-refractivity contribution in [2.45, 2.75) is 70.8 Å². The van der Waals surface area contributed by atoms with Gasteiger partial charge in [0.25, 0.3) is 0 Å². The predicted octanol–water partition coefficient (Wildman–Crippen LogP) is 5.72. The monoisotopic (exact) mass is 530 g/mol. The molecule has 7 nitrogen and oxygen atoms in total. The molecule has 1 aromatic heterocycles. The minimum atomic E-state index is -0.491. The van der Waals surface area contributed by atoms with Gasteiger partial charge in [-0.15, -0.1) is 0 Å². The van der Waals surface area contributed by atoms with Crippen LogP contribution in [0, 0.1) is 0 Å². The van der Waals surface area contributed by atoms with Crippen LogP contribution in [0.4, 0.5) is 4.79 Å². The normalized spacial score (nSPS) is 18.2. The number of aryl methyl sites for hydroxylation is 2. The van der Waals surface area contributed by atoms with E-state index in [-0.39, 0.29) is 18.3 Å². The maximum absolute atomic E-state index is 12.3. The van der Waals surface area contributed by atoms with Crippen LogP contribution in [0.2, 0.25) is 0 Å². The zero-order valence-corrected chi connectivity index (χ0v) is 24.0. The number of likely N-dealkylation sites (N-methyl/N-ethyl adjacent to an activating group) is 1. The highest BCUT2D eigenvalue weighted by atomic mass is 16.6. The van der Waals surface area contributed by atoms with Crippen LogP contribution in [0.25, 0.3) is 11.3 Å². The Bertz CT molecular complexity index is 1270. The number of amides is 1. The van der Waals surface area contributed by atoms with Crippen LogP contribution in [0.5, 0.6) is 0 Å². The van der Waals surface area contributed by atoms with Crippen LogP contribution in [-0.2, 0) is 28.9 Å². The summed E-state index contributed by atoms with van der Waals surface area (Å²) in [7, 11) is 3.96. The third kappa shape index (κ3) is 6.71. The molecule has 5 rings (SSSR count). The molecule has 0 radical (unpaired) electrons. The molecule has 7 heteroatoms. The lowest BCUT2D eigenvalue weighted by molar-refractivity contribution is -0.0275. The Morgan fingerprint density at radius 3 is 2.49 bits per heavy atom. The van der Waals surface area contributed by atoms with Gasteiger partial charge in [-0.25, -0.2) is 9.78 Å². The summed E-state index contributed by atoms with van der Waals surface area (Å²) in [5, 5.41) is 0. The Kier molecular flexibility index (Phi) is 8.10. The molecule has 1 atom stereocenters. The van der Waals surface area contributed by atoms with Gasteiger partial charge < -0.3 is 23.8 Å². The first-order valence-electron chi connectivity index (χ1n) is 14.2. The van der Waals surface area contributed by atoms with Crippen LogP contribution in [-0.4, -0.2) is 70.9 Å². The fourth-order valence-electron chi connectivity index (χ4n) is 5.37. The number of piperidine rings is 1. The maximum atomic E-state index is 12.3. The quantitative estimate of drug-likeness (QED) is 0.408. The lowest BCUT2D eigenvalue weighted by atomic mass is 10.00. The number of benzene rings is 2. The SMILES string of the molecule is CN1CCC(OC2c3ccccc3CCn3cc(-c4ccc(CCN(C)C(=O)OC(C)(C)C)cc4)nc32)CC1. The first-order valence-corrected chi connectivity index (χ1v) is 14.2. The van der Waals surface area contributed by atoms with Crippen LogP contribution < -0.4 is 0 Å². The van der Waals surface area contributed by atoms with Crippen molar-refractivity contribution in [3.8, 4) is 11.3 Å². The third-order valence-corrected chi connectivity index (χ3v) is 7.69. The van der Waals surface area contributed by atoms with Crippen LogP contribution in [0.15, 0.2) is 54.7 Å². The largest absolute Gasteiger partial charge is 0.444 e. The third-order valence-electron chi connectivity index (χ3n) is 7.69. The van der Waals surface area contributed by atoms with Crippen molar-refractivity contribution in [1.82, 2.24) is 19.4 Å². The van der Waals surface area contributed by atoms with Gasteiger partial charge in [-0.3, -0.25) is 0 Å². The molecule has 1 fully saturated rings. The molecule has 0 N–H and O–H groups in total. The molecular formula is C32H42N4O3. The average Bonchev–Trinajstić information content (AvgIpc) is 3.28. The first kappa shape index (κ1) is 27.4. The molecular weight excluding hydrogens is 488 g/mol. The second-order valence-corrected chi connectivity index (χ2v) is 12.0. The fourth-order valence-corrected chi connectivity index (χ4v) is 5.37. The number of hydrogen-bond acceptors (Lipinski definition) is 5. The number of carbonyl (C=O) groups excluding carboxylic acids is 1. The summed E-state index contributed by atoms with van der Waals surface area (Å²) in [5.74, 6) is 0.997. The number of carbonyl (C=O) groups is 1. The van der Waals surface area contributed by atoms with Crippen molar-refractivity contribution in [2.24, 2.45) is 0 Å². The molecule has 1 amide bonds. The van der Waals surface area contributed by atoms with E-state index >= 15 is 0 Å². The summed E-state index contributed by atoms with van der Waals surface area (Å²) in [6.07, 6.45) is 5.79. The van der Waals surface area contributed by atoms with Crippen LogP contribution in [0.1, 0.15) is 62.2 Å². The number of aromatic nitrogens is 2. The van der Waals surface area contributed by atoms with Gasteiger partial charge in [0.1, 0.15) is 17.5 Å². The van der Waals surface area contributed by atoms with E-state index in [4.69, 9.17) is 14.5 Å². The van der Waals surface area contributed by atoms with Crippen molar-refractivity contribution in [2.75, 3.05) is 33.7 Å². The van der Waals surface area contributed by atoms with Crippen LogP contribution in [0.3, 0.4) is 0 Å². The summed E-state index contributed by atoms with van der Waals surface area (Å²) >= 11 is 0. The first-order chi connectivity index (χ1) is 18.7. The second-order valence-electron chi connectivity index (χ2n) is 12.0. The van der Waals surface area contributed by atoms with Gasteiger partial charge in [0.15, 0.2) is 0 Å². The average molecular weight is 531 g/mol. The van der Waals surface area contributed by atoms with Gasteiger partial charge in [-0.05, 0) is 70.2 Å². The summed E-state index contributed by atoms with van der Waals surface area (Å²) in [5.41, 5.74) is 5.34. The number of rotatable bonds is 6. The van der Waals surface area contributed by atoms with E-state index in [1.54, 1.807) is 11.9 Å². The molecule has 3 aromatic rings. The Morgan fingerprint density at radius 1 is 1.05 bits per heavy atom. The van der Waals surface area contributed by atoms with Gasteiger partial charge in [-0.2, -0.15) is 0 Å². The molecule has 208 valence electrons. The van der Waals surface area contributed by atoms with E-state index < -0.39 is 5.60 Å². The molecule has 3 heterocycles. The summed E-state index contributed by atoms with van der Waals surface area (Å²) in [6.45, 7) is 9.28. The van der Waals surface area contributed by atoms with Crippen LogP contribution >= 0.6 is 0 Å². The molecule has 0 saturated carbocycles. The van der Waals surface area contributed by atoms with Gasteiger partial charge in [-0.1, -0.05) is 48.5 Å². The van der Waals surface area contributed by atoms with Crippen molar-refractivity contribution in [3.05, 3.63) is 77.2 Å². The Hall–Kier alpha value is -3.16. The summed E-state index contributed by atoms with van der Waals surface area (Å²) in [4.78, 5) is 21.4. The molecule has 2 aliphatic rings. The maximum Gasteiger partial charge on any atom is 0.410 e. The van der Waals surface area contributed by atoms with Crippen molar-refractivity contribution in [3.63, 3.8) is 0 Å². The van der Waals surface area contributed by atoms with Crippen molar-refractivity contribution >= 4 is 6.09 Å². The van der Waals surface area contributed by atoms with E-state index in [0.29, 0.717) is 6.54 Å². The highest BCUT2D eigenvalue weighted by molar-refractivity contribution is 5.67. The van der Waals surface area contributed by atoms with Gasteiger partial charge in [0.2, 0.25) is 0 Å². The molecule has 2 aromatic carbocycles. The van der Waals surface area contributed by atoms with E-state index in [1.165, 1.54) is 16.7 Å². The van der Waals surface area contributed by atoms with Crippen molar-refractivity contribution < 1.29 is 14.3 Å². The minimum absolute atomic E-state index is 0.159. The molecule has 39 heavy (non-hydrogen) atoms. The van der Waals surface area contributed by atoms with E-state index in [9.17, 15) is 4.79 Å². The molecule has 0 aliphatic carbocycles. The number of ether oxygens (including phenoxy) is 2. The Morgan fingerprint density at radius 2 is 1.77 bits per heavy atom. The zero-order valence-electron chi connectivity index (χ0n) is 24.0. The van der Waals surface area contributed by atoms with Gasteiger partial charge in [0, 0.05) is 45.0 Å². The zero-order chi connectivity index (χ0) is 27.6. The Balaban J connectivity index is 1.32. The predicted molar refractivity (Wildman–Crippen MR) is 154 cm³/mol. The molecule has 2 aliphatic heterocycles. The lowest BCUT2D eigenvalue weighted by Gasteiger charge is -2.32. The number of imidazole rings is 1. The summed E-state index contributed by atoms with van der Waals surface area (Å²) < 4.78 is 14.6. The van der Waals surface area contributed by atoms with Gasteiger partial charge >= 0.3 is 6.09 Å². The van der Waals surface area contributed by atoms with Gasteiger partial charge in [0.05, 0.1) is 11.8 Å². The molecule has 1 unspecified atom stereocenters. The standard InChI is InChI=1S/C32H42N4O3/c1-32(2,3)39-31(37)35(5)20-14-23-10-12-25(13-11-23)28-22-36-21-15-24-8-6-7-9-27(24)29(30(36)33-28)38-26-16-18-34(4)19-17-26/h6-13,22,26,29H,14-21H2,1-5H3. The molecule has 1 saturated heterocycles.